The molecule has 0 saturated heterocycles. The van der Waals surface area contributed by atoms with Crippen LogP contribution in [0.25, 0.3) is 16.6 Å². The lowest BCUT2D eigenvalue weighted by Crippen LogP contribution is -2.20. The highest BCUT2D eigenvalue weighted by atomic mass is 19.1. The van der Waals surface area contributed by atoms with Crippen molar-refractivity contribution in [3.8, 4) is 5.69 Å². The van der Waals surface area contributed by atoms with Crippen LogP contribution < -0.4 is 16.5 Å². The average molecular weight is 403 g/mol. The van der Waals surface area contributed by atoms with Crippen LogP contribution in [0.4, 0.5) is 24.5 Å². The van der Waals surface area contributed by atoms with Gasteiger partial charge in [-0.3, -0.25) is 4.79 Å². The maximum absolute atomic E-state index is 14.7. The highest BCUT2D eigenvalue weighted by Crippen LogP contribution is 2.34. The van der Waals surface area contributed by atoms with E-state index in [2.05, 4.69) is 5.32 Å². The molecule has 3 aromatic rings. The smallest absolute Gasteiger partial charge is 0.341 e. The summed E-state index contributed by atoms with van der Waals surface area (Å²) in [5.74, 6) is -4.26. The molecule has 0 amide bonds. The number of hydrogen-bond donors (Lipinski definition) is 3. The molecule has 2 aromatic carbocycles. The molecule has 4 rings (SSSR count). The minimum atomic E-state index is -1.56. The van der Waals surface area contributed by atoms with E-state index < -0.39 is 34.4 Å². The van der Waals surface area contributed by atoms with E-state index in [-0.39, 0.29) is 34.0 Å². The molecule has 6 nitrogen and oxygen atoms in total. The Balaban J connectivity index is 2.14. The van der Waals surface area contributed by atoms with Crippen LogP contribution in [-0.4, -0.2) is 21.7 Å². The van der Waals surface area contributed by atoms with Gasteiger partial charge in [0.15, 0.2) is 0 Å². The predicted octanol–water partition coefficient (Wildman–Crippen LogP) is 3.57. The summed E-state index contributed by atoms with van der Waals surface area (Å²) in [4.78, 5) is 24.2. The monoisotopic (exact) mass is 403 g/mol. The Bertz CT molecular complexity index is 1250. The molecule has 0 unspecified atom stereocenters. The molecule has 1 heterocycles. The van der Waals surface area contributed by atoms with Gasteiger partial charge in [0.05, 0.1) is 28.0 Å². The van der Waals surface area contributed by atoms with Crippen molar-refractivity contribution in [3.63, 3.8) is 0 Å². The van der Waals surface area contributed by atoms with Crippen molar-refractivity contribution < 1.29 is 23.1 Å². The van der Waals surface area contributed by atoms with Crippen LogP contribution >= 0.6 is 0 Å². The van der Waals surface area contributed by atoms with Crippen molar-refractivity contribution in [2.24, 2.45) is 0 Å². The highest BCUT2D eigenvalue weighted by molar-refractivity contribution is 5.96. The number of aromatic nitrogens is 1. The average Bonchev–Trinajstić information content (AvgIpc) is 3.46. The summed E-state index contributed by atoms with van der Waals surface area (Å²) in [5.41, 5.74) is 3.90. The zero-order valence-electron chi connectivity index (χ0n) is 15.2. The molecular formula is C20H16F3N3O3. The van der Waals surface area contributed by atoms with Crippen LogP contribution in [0, 0.1) is 24.4 Å². The number of aryl methyl sites for hydroxylation is 1. The lowest BCUT2D eigenvalue weighted by molar-refractivity contribution is 0.0695. The van der Waals surface area contributed by atoms with Gasteiger partial charge >= 0.3 is 5.97 Å². The highest BCUT2D eigenvalue weighted by Gasteiger charge is 2.26. The Labute approximate surface area is 162 Å². The number of fused-ring (bicyclic) bond motifs is 1. The van der Waals surface area contributed by atoms with Crippen LogP contribution in [0.3, 0.4) is 0 Å². The standard InChI is InChI=1S/C20H16F3N3O3/c1-8-17(25-9-2-3-9)14(23)4-10-18(8)26(7-11(19(10)27)20(28)29)16-6-15(24)12(21)5-13(16)22/h4-7,9,25H,2-3,24H2,1H3,(H,28,29). The topological polar surface area (TPSA) is 97.4 Å². The summed E-state index contributed by atoms with van der Waals surface area (Å²) in [6.45, 7) is 1.54. The number of carboxylic acid groups (broad SMARTS) is 1. The Kier molecular flexibility index (Phi) is 4.25. The molecule has 1 aliphatic rings. The minimum Gasteiger partial charge on any atom is -0.477 e. The largest absolute Gasteiger partial charge is 0.477 e. The minimum absolute atomic E-state index is 0.0947. The molecule has 1 fully saturated rings. The number of nitrogens with one attached hydrogen (secondary N) is 1. The third-order valence-electron chi connectivity index (χ3n) is 4.97. The van der Waals surface area contributed by atoms with E-state index in [1.807, 2.05) is 0 Å². The van der Waals surface area contributed by atoms with Gasteiger partial charge in [-0.25, -0.2) is 18.0 Å². The van der Waals surface area contributed by atoms with Gasteiger partial charge in [-0.05, 0) is 37.5 Å². The zero-order valence-corrected chi connectivity index (χ0v) is 15.2. The first kappa shape index (κ1) is 18.9. The second-order valence-corrected chi connectivity index (χ2v) is 7.05. The predicted molar refractivity (Wildman–Crippen MR) is 102 cm³/mol. The van der Waals surface area contributed by atoms with Gasteiger partial charge in [-0.1, -0.05) is 0 Å². The van der Waals surface area contributed by atoms with E-state index in [9.17, 15) is 27.9 Å². The fourth-order valence-electron chi connectivity index (χ4n) is 3.34. The number of rotatable bonds is 4. The van der Waals surface area contributed by atoms with Gasteiger partial charge in [-0.15, -0.1) is 0 Å². The maximum Gasteiger partial charge on any atom is 0.341 e. The SMILES string of the molecule is Cc1c(NC2CC2)c(F)cc2c(=O)c(C(=O)O)cn(-c3cc(N)c(F)cc3F)c12. The number of hydrogen-bond acceptors (Lipinski definition) is 4. The molecular weight excluding hydrogens is 387 g/mol. The van der Waals surface area contributed by atoms with Crippen LogP contribution in [0.2, 0.25) is 0 Å². The summed E-state index contributed by atoms with van der Waals surface area (Å²) in [7, 11) is 0. The van der Waals surface area contributed by atoms with E-state index in [0.29, 0.717) is 11.6 Å². The first-order chi connectivity index (χ1) is 13.7. The fraction of sp³-hybridized carbons (Fsp3) is 0.200. The Morgan fingerprint density at radius 3 is 2.48 bits per heavy atom. The number of carboxylic acids is 1. The number of nitrogen functional groups attached to an aromatic ring is 1. The first-order valence-electron chi connectivity index (χ1n) is 8.82. The molecule has 29 heavy (non-hydrogen) atoms. The van der Waals surface area contributed by atoms with E-state index >= 15 is 0 Å². The van der Waals surface area contributed by atoms with Crippen molar-refractivity contribution >= 4 is 28.2 Å². The summed E-state index contributed by atoms with van der Waals surface area (Å²) in [6.07, 6.45) is 2.67. The van der Waals surface area contributed by atoms with Crippen molar-refractivity contribution in [2.75, 3.05) is 11.1 Å². The molecule has 0 bridgehead atoms. The number of anilines is 2. The molecule has 1 aliphatic carbocycles. The lowest BCUT2D eigenvalue weighted by Gasteiger charge is -2.19. The Morgan fingerprint density at radius 2 is 1.86 bits per heavy atom. The van der Waals surface area contributed by atoms with Crippen LogP contribution in [0.1, 0.15) is 28.8 Å². The number of nitrogens with zero attached hydrogens (tertiary/aromatic N) is 1. The second-order valence-electron chi connectivity index (χ2n) is 7.05. The van der Waals surface area contributed by atoms with E-state index in [1.54, 1.807) is 0 Å². The number of nitrogens with two attached hydrogens (primary N) is 1. The van der Waals surface area contributed by atoms with Crippen LogP contribution in [-0.2, 0) is 0 Å². The van der Waals surface area contributed by atoms with E-state index in [4.69, 9.17) is 5.73 Å². The van der Waals surface area contributed by atoms with Crippen LogP contribution in [0.15, 0.2) is 29.2 Å². The van der Waals surface area contributed by atoms with Gasteiger partial charge in [0.1, 0.15) is 23.0 Å². The number of benzene rings is 2. The van der Waals surface area contributed by atoms with Crippen molar-refractivity contribution in [2.45, 2.75) is 25.8 Å². The lowest BCUT2D eigenvalue weighted by atomic mass is 10.0. The van der Waals surface area contributed by atoms with Crippen molar-refractivity contribution in [1.82, 2.24) is 4.57 Å². The molecule has 1 saturated carbocycles. The zero-order chi connectivity index (χ0) is 21.0. The van der Waals surface area contributed by atoms with Gasteiger partial charge in [0.2, 0.25) is 5.43 Å². The number of halogens is 3. The Hall–Kier alpha value is -3.49. The van der Waals surface area contributed by atoms with Gasteiger partial charge in [-0.2, -0.15) is 0 Å². The van der Waals surface area contributed by atoms with Gasteiger partial charge in [0.25, 0.3) is 0 Å². The number of pyridine rings is 1. The van der Waals surface area contributed by atoms with Crippen LogP contribution in [0.5, 0.6) is 0 Å². The normalized spacial score (nSPS) is 13.7. The van der Waals surface area contributed by atoms with Gasteiger partial charge in [0, 0.05) is 18.3 Å². The number of aromatic carboxylic acids is 1. The molecule has 0 spiro atoms. The molecule has 150 valence electrons. The van der Waals surface area contributed by atoms with E-state index in [0.717, 1.165) is 35.7 Å². The van der Waals surface area contributed by atoms with E-state index in [1.165, 1.54) is 6.92 Å². The third-order valence-corrected chi connectivity index (χ3v) is 4.97. The van der Waals surface area contributed by atoms with Crippen molar-refractivity contribution in [3.05, 3.63) is 63.2 Å². The Morgan fingerprint density at radius 1 is 1.17 bits per heavy atom. The molecule has 0 radical (unpaired) electrons. The molecule has 1 aromatic heterocycles. The fourth-order valence-corrected chi connectivity index (χ4v) is 3.34. The summed E-state index contributed by atoms with van der Waals surface area (Å²) >= 11 is 0. The maximum atomic E-state index is 14.7. The molecule has 0 atom stereocenters. The molecule has 9 heteroatoms. The first-order valence-corrected chi connectivity index (χ1v) is 8.82. The summed E-state index contributed by atoms with van der Waals surface area (Å²) < 4.78 is 44.0. The quantitative estimate of drug-likeness (QED) is 0.579. The number of carbonyl (C=O) groups is 1. The molecule has 0 aliphatic heterocycles. The van der Waals surface area contributed by atoms with Crippen molar-refractivity contribution in [1.29, 1.82) is 0 Å². The van der Waals surface area contributed by atoms with Gasteiger partial charge < -0.3 is 20.7 Å². The summed E-state index contributed by atoms with van der Waals surface area (Å²) in [6, 6.07) is 2.59. The summed E-state index contributed by atoms with van der Waals surface area (Å²) in [5, 5.41) is 12.2. The second kappa shape index (κ2) is 6.54. The molecule has 4 N–H and O–H groups in total. The third kappa shape index (κ3) is 3.08.